The molecule has 0 saturated heterocycles. The Balaban J connectivity index is 2.38. The molecule has 1 atom stereocenters. The summed E-state index contributed by atoms with van der Waals surface area (Å²) in [5, 5.41) is 9.96. The number of hydrogen-bond donors (Lipinski definition) is 1. The molecule has 0 bridgehead atoms. The zero-order valence-corrected chi connectivity index (χ0v) is 14.8. The van der Waals surface area contributed by atoms with Crippen molar-refractivity contribution in [3.8, 4) is 5.75 Å². The molecule has 1 aromatic rings. The van der Waals surface area contributed by atoms with Crippen LogP contribution in [-0.2, 0) is 0 Å². The molecule has 0 radical (unpaired) electrons. The van der Waals surface area contributed by atoms with Gasteiger partial charge in [0.1, 0.15) is 5.75 Å². The van der Waals surface area contributed by atoms with Gasteiger partial charge in [-0.1, -0.05) is 82.4 Å². The fourth-order valence-corrected chi connectivity index (χ4v) is 2.32. The van der Waals surface area contributed by atoms with E-state index >= 15 is 0 Å². The molecule has 0 fully saturated rings. The average Bonchev–Trinajstić information content (AvgIpc) is 2.56. The summed E-state index contributed by atoms with van der Waals surface area (Å²) in [6, 6.07) is 7.92. The predicted octanol–water partition coefficient (Wildman–Crippen LogP) is 5.77. The van der Waals surface area contributed by atoms with Crippen LogP contribution < -0.4 is 4.74 Å². The summed E-state index contributed by atoms with van der Waals surface area (Å²) in [6.45, 7) is 8.33. The summed E-state index contributed by atoms with van der Waals surface area (Å²) in [7, 11) is 0. The Morgan fingerprint density at radius 2 is 1.74 bits per heavy atom. The second-order valence-electron chi connectivity index (χ2n) is 6.27. The number of ether oxygens (including phenoxy) is 1. The minimum absolute atomic E-state index is 0.747. The lowest BCUT2D eigenvalue weighted by atomic mass is 10.0. The van der Waals surface area contributed by atoms with Crippen molar-refractivity contribution in [2.75, 3.05) is 6.61 Å². The van der Waals surface area contributed by atoms with E-state index in [1.54, 1.807) is 13.0 Å². The normalized spacial score (nSPS) is 13.9. The van der Waals surface area contributed by atoms with E-state index in [9.17, 15) is 5.11 Å². The first-order valence-corrected chi connectivity index (χ1v) is 8.86. The fourth-order valence-electron chi connectivity index (χ4n) is 2.32. The Kier molecular flexibility index (Phi) is 9.39. The Hall–Kier alpha value is -1.54. The van der Waals surface area contributed by atoms with E-state index in [0.717, 1.165) is 24.3 Å². The minimum atomic E-state index is -0.994. The Bertz CT molecular complexity index is 474. The smallest absolute Gasteiger partial charge is 0.126 e. The van der Waals surface area contributed by atoms with Crippen LogP contribution in [0, 0.1) is 0 Å². The zero-order chi connectivity index (χ0) is 17.0. The highest BCUT2D eigenvalue weighted by molar-refractivity contribution is 5.58. The maximum Gasteiger partial charge on any atom is 0.126 e. The first-order chi connectivity index (χ1) is 11.1. The van der Waals surface area contributed by atoms with Crippen molar-refractivity contribution < 1.29 is 9.84 Å². The van der Waals surface area contributed by atoms with Gasteiger partial charge in [-0.25, -0.2) is 0 Å². The fraction of sp³-hybridized carbons (Fsp3) is 0.524. The van der Waals surface area contributed by atoms with Crippen LogP contribution in [0.3, 0.4) is 0 Å². The van der Waals surface area contributed by atoms with Crippen molar-refractivity contribution in [2.45, 2.75) is 64.4 Å². The number of aliphatic hydroxyl groups is 1. The highest BCUT2D eigenvalue weighted by atomic mass is 16.5. The molecule has 0 aromatic heterocycles. The third-order valence-corrected chi connectivity index (χ3v) is 3.94. The number of para-hydroxylation sites is 1. The summed E-state index contributed by atoms with van der Waals surface area (Å²) in [5.74, 6) is 0.870. The van der Waals surface area contributed by atoms with Crippen LogP contribution in [-0.4, -0.2) is 17.3 Å². The van der Waals surface area contributed by atoms with Gasteiger partial charge in [-0.3, -0.25) is 0 Å². The standard InChI is InChI=1S/C21H32O2/c1-4-6-7-8-9-10-13-18-23-20-15-12-11-14-19(20)16-17-21(3,22)5-2/h5,11-12,14-17,22H,2,4,6-10,13,18H2,1,3H3. The number of benzene rings is 1. The summed E-state index contributed by atoms with van der Waals surface area (Å²) in [4.78, 5) is 0. The highest BCUT2D eigenvalue weighted by Gasteiger charge is 2.10. The van der Waals surface area contributed by atoms with E-state index in [1.807, 2.05) is 30.3 Å². The lowest BCUT2D eigenvalue weighted by molar-refractivity contribution is 0.165. The molecular weight excluding hydrogens is 284 g/mol. The van der Waals surface area contributed by atoms with Gasteiger partial charge in [-0.05, 0) is 25.5 Å². The molecule has 0 aliphatic heterocycles. The van der Waals surface area contributed by atoms with Crippen molar-refractivity contribution in [3.63, 3.8) is 0 Å². The van der Waals surface area contributed by atoms with Gasteiger partial charge in [0.05, 0.1) is 12.2 Å². The van der Waals surface area contributed by atoms with Gasteiger partial charge >= 0.3 is 0 Å². The van der Waals surface area contributed by atoms with Crippen molar-refractivity contribution >= 4 is 6.08 Å². The van der Waals surface area contributed by atoms with Crippen molar-refractivity contribution in [2.24, 2.45) is 0 Å². The molecule has 0 heterocycles. The first kappa shape index (κ1) is 19.5. The van der Waals surface area contributed by atoms with E-state index in [0.29, 0.717) is 0 Å². The number of rotatable bonds is 12. The van der Waals surface area contributed by atoms with E-state index in [1.165, 1.54) is 44.6 Å². The largest absolute Gasteiger partial charge is 0.493 e. The molecule has 1 aromatic carbocycles. The van der Waals surface area contributed by atoms with Gasteiger partial charge in [0.25, 0.3) is 0 Å². The van der Waals surface area contributed by atoms with Gasteiger partial charge in [-0.15, -0.1) is 0 Å². The van der Waals surface area contributed by atoms with Gasteiger partial charge in [0.2, 0.25) is 0 Å². The summed E-state index contributed by atoms with van der Waals surface area (Å²) >= 11 is 0. The lowest BCUT2D eigenvalue weighted by Gasteiger charge is -2.13. The summed E-state index contributed by atoms with van der Waals surface area (Å²) in [5.41, 5.74) is -0.0106. The van der Waals surface area contributed by atoms with Gasteiger partial charge in [-0.2, -0.15) is 0 Å². The topological polar surface area (TPSA) is 29.5 Å². The van der Waals surface area contributed by atoms with Gasteiger partial charge in [0.15, 0.2) is 0 Å². The van der Waals surface area contributed by atoms with Crippen LogP contribution in [0.25, 0.3) is 6.08 Å². The van der Waals surface area contributed by atoms with Crippen LogP contribution in [0.15, 0.2) is 43.0 Å². The van der Waals surface area contributed by atoms with Crippen LogP contribution >= 0.6 is 0 Å². The Morgan fingerprint density at radius 3 is 2.43 bits per heavy atom. The Labute approximate surface area is 141 Å². The van der Waals surface area contributed by atoms with Gasteiger partial charge in [0, 0.05) is 5.56 Å². The monoisotopic (exact) mass is 316 g/mol. The lowest BCUT2D eigenvalue weighted by Crippen LogP contribution is -2.15. The summed E-state index contributed by atoms with van der Waals surface area (Å²) in [6.07, 6.45) is 14.1. The van der Waals surface area contributed by atoms with Crippen molar-refractivity contribution in [1.29, 1.82) is 0 Å². The third kappa shape index (κ3) is 8.61. The molecule has 128 valence electrons. The molecule has 1 unspecified atom stereocenters. The average molecular weight is 316 g/mol. The minimum Gasteiger partial charge on any atom is -0.493 e. The number of unbranched alkanes of at least 4 members (excludes halogenated alkanes) is 6. The molecule has 0 aliphatic rings. The molecule has 0 amide bonds. The molecule has 23 heavy (non-hydrogen) atoms. The third-order valence-electron chi connectivity index (χ3n) is 3.94. The maximum absolute atomic E-state index is 9.96. The quantitative estimate of drug-likeness (QED) is 0.392. The van der Waals surface area contributed by atoms with Crippen LogP contribution in [0.2, 0.25) is 0 Å². The van der Waals surface area contributed by atoms with E-state index in [4.69, 9.17) is 4.74 Å². The Morgan fingerprint density at radius 1 is 1.09 bits per heavy atom. The van der Waals surface area contributed by atoms with Crippen LogP contribution in [0.5, 0.6) is 5.75 Å². The number of hydrogen-bond acceptors (Lipinski definition) is 2. The molecule has 0 spiro atoms. The van der Waals surface area contributed by atoms with Crippen LogP contribution in [0.1, 0.15) is 64.4 Å². The molecular formula is C21H32O2. The molecule has 0 saturated carbocycles. The summed E-state index contributed by atoms with van der Waals surface area (Å²) < 4.78 is 5.91. The SMILES string of the molecule is C=CC(C)(O)C=Cc1ccccc1OCCCCCCCCC. The van der Waals surface area contributed by atoms with E-state index < -0.39 is 5.60 Å². The van der Waals surface area contributed by atoms with Crippen molar-refractivity contribution in [1.82, 2.24) is 0 Å². The molecule has 1 N–H and O–H groups in total. The van der Waals surface area contributed by atoms with Crippen molar-refractivity contribution in [3.05, 3.63) is 48.6 Å². The zero-order valence-electron chi connectivity index (χ0n) is 14.8. The maximum atomic E-state index is 9.96. The predicted molar refractivity (Wildman–Crippen MR) is 99.8 cm³/mol. The van der Waals surface area contributed by atoms with Gasteiger partial charge < -0.3 is 9.84 Å². The second-order valence-corrected chi connectivity index (χ2v) is 6.27. The van der Waals surface area contributed by atoms with E-state index in [-0.39, 0.29) is 0 Å². The highest BCUT2D eigenvalue weighted by Crippen LogP contribution is 2.21. The molecule has 2 heteroatoms. The molecule has 2 nitrogen and oxygen atoms in total. The van der Waals surface area contributed by atoms with Crippen LogP contribution in [0.4, 0.5) is 0 Å². The molecule has 0 aliphatic carbocycles. The first-order valence-electron chi connectivity index (χ1n) is 8.86. The van der Waals surface area contributed by atoms with E-state index in [2.05, 4.69) is 13.5 Å². The molecule has 1 rings (SSSR count). The second kappa shape index (κ2) is 11.1.